The van der Waals surface area contributed by atoms with E-state index in [9.17, 15) is 0 Å². The van der Waals surface area contributed by atoms with Gasteiger partial charge in [-0.2, -0.15) is 0 Å². The number of hydrogen-bond donors (Lipinski definition) is 1. The predicted octanol–water partition coefficient (Wildman–Crippen LogP) is 3.22. The molecule has 1 N–H and O–H groups in total. The fraction of sp³-hybridized carbons (Fsp3) is 0.154. The summed E-state index contributed by atoms with van der Waals surface area (Å²) in [6.07, 6.45) is 1.29. The zero-order valence-electron chi connectivity index (χ0n) is 9.68. The van der Waals surface area contributed by atoms with Crippen molar-refractivity contribution in [3.05, 3.63) is 58.5 Å². The molecular weight excluding hydrogens is 252 g/mol. The van der Waals surface area contributed by atoms with Crippen LogP contribution in [0.15, 0.2) is 46.2 Å². The molecule has 0 aliphatic carbocycles. The van der Waals surface area contributed by atoms with Crippen LogP contribution in [-0.2, 0) is 4.84 Å². The Labute approximate surface area is 109 Å². The minimum absolute atomic E-state index is 0.303. The molecule has 1 aromatic heterocycles. The van der Waals surface area contributed by atoms with Gasteiger partial charge in [-0.15, -0.1) is 0 Å². The molecule has 0 bridgehead atoms. The lowest BCUT2D eigenvalue weighted by atomic mass is 10.1. The van der Waals surface area contributed by atoms with Crippen molar-refractivity contribution < 1.29 is 9.25 Å². The summed E-state index contributed by atoms with van der Waals surface area (Å²) in [5.41, 5.74) is 2.06. The number of nitrogens with zero attached hydrogens (tertiary/aromatic N) is 1. The van der Waals surface area contributed by atoms with Gasteiger partial charge in [-0.25, -0.2) is 0 Å². The summed E-state index contributed by atoms with van der Waals surface area (Å²) in [5, 5.41) is 7.85. The molecule has 1 aromatic carbocycles. The Morgan fingerprint density at radius 1 is 1.33 bits per heavy atom. The molecule has 5 heteroatoms. The number of aryl methyl sites for hydroxylation is 1. The van der Waals surface area contributed by atoms with E-state index in [1.54, 1.807) is 12.3 Å². The number of halogens is 1. The second-order valence-corrected chi connectivity index (χ2v) is 4.48. The summed E-state index contributed by atoms with van der Waals surface area (Å²) >= 11 is 5.93. The van der Waals surface area contributed by atoms with E-state index in [0.717, 1.165) is 11.1 Å². The maximum Gasteiger partial charge on any atom is 0.225 e. The first-order valence-electron chi connectivity index (χ1n) is 5.54. The highest BCUT2D eigenvalue weighted by atomic mass is 35.5. The third kappa shape index (κ3) is 1.95. The Morgan fingerprint density at radius 2 is 2.22 bits per heavy atom. The van der Waals surface area contributed by atoms with E-state index >= 15 is 0 Å². The van der Waals surface area contributed by atoms with Gasteiger partial charge in [0, 0.05) is 10.6 Å². The molecule has 2 heterocycles. The van der Waals surface area contributed by atoms with Gasteiger partial charge < -0.3 is 14.6 Å². The summed E-state index contributed by atoms with van der Waals surface area (Å²) in [6, 6.07) is 9.29. The van der Waals surface area contributed by atoms with Gasteiger partial charge in [0.2, 0.25) is 12.1 Å². The summed E-state index contributed by atoms with van der Waals surface area (Å²) in [5.74, 6) is 1.25. The highest BCUT2D eigenvalue weighted by molar-refractivity contribution is 6.30. The smallest absolute Gasteiger partial charge is 0.225 e. The number of nitrogens with one attached hydrogen (secondary N) is 1. The topological polar surface area (TPSA) is 46.8 Å². The number of hydrogen-bond acceptors (Lipinski definition) is 4. The fourth-order valence-electron chi connectivity index (χ4n) is 1.88. The van der Waals surface area contributed by atoms with Crippen molar-refractivity contribution in [2.75, 3.05) is 0 Å². The average molecular weight is 263 g/mol. The molecule has 2 aromatic rings. The molecule has 4 nitrogen and oxygen atoms in total. The van der Waals surface area contributed by atoms with Crippen molar-refractivity contribution in [1.29, 1.82) is 0 Å². The van der Waals surface area contributed by atoms with Crippen molar-refractivity contribution in [2.45, 2.75) is 13.2 Å². The normalized spacial score (nSPS) is 18.1. The van der Waals surface area contributed by atoms with Gasteiger partial charge in [-0.1, -0.05) is 22.8 Å². The second-order valence-electron chi connectivity index (χ2n) is 4.05. The van der Waals surface area contributed by atoms with Crippen molar-refractivity contribution in [2.24, 2.45) is 5.16 Å². The zero-order valence-corrected chi connectivity index (χ0v) is 10.4. The molecule has 0 radical (unpaired) electrons. The molecule has 1 aliphatic rings. The molecule has 3 rings (SSSR count). The average Bonchev–Trinajstić information content (AvgIpc) is 2.99. The number of oxime groups is 1. The van der Waals surface area contributed by atoms with Crippen LogP contribution < -0.4 is 5.32 Å². The third-order valence-electron chi connectivity index (χ3n) is 2.79. The predicted molar refractivity (Wildman–Crippen MR) is 68.4 cm³/mol. The molecule has 18 heavy (non-hydrogen) atoms. The lowest BCUT2D eigenvalue weighted by Crippen LogP contribution is -2.23. The number of benzene rings is 1. The SMILES string of the molecule is Cc1cc(Cl)ccc1C1NC(c2ccco2)=NO1. The molecule has 92 valence electrons. The van der Waals surface area contributed by atoms with Crippen LogP contribution in [0.2, 0.25) is 5.02 Å². The van der Waals surface area contributed by atoms with Crippen LogP contribution in [-0.4, -0.2) is 5.84 Å². The summed E-state index contributed by atoms with van der Waals surface area (Å²) in [6.45, 7) is 1.98. The standard InChI is InChI=1S/C13H11ClN2O2/c1-8-7-9(14)4-5-10(8)13-15-12(16-18-13)11-3-2-6-17-11/h2-7,13H,1H3,(H,15,16). The Hall–Kier alpha value is -1.94. The quantitative estimate of drug-likeness (QED) is 0.904. The van der Waals surface area contributed by atoms with E-state index in [1.165, 1.54) is 0 Å². The lowest BCUT2D eigenvalue weighted by molar-refractivity contribution is 0.0725. The van der Waals surface area contributed by atoms with Crippen molar-refractivity contribution in [1.82, 2.24) is 5.32 Å². The summed E-state index contributed by atoms with van der Waals surface area (Å²) in [4.78, 5) is 5.37. The Morgan fingerprint density at radius 3 is 2.94 bits per heavy atom. The van der Waals surface area contributed by atoms with Crippen LogP contribution >= 0.6 is 11.6 Å². The van der Waals surface area contributed by atoms with Crippen LogP contribution in [0.5, 0.6) is 0 Å². The summed E-state index contributed by atoms with van der Waals surface area (Å²) < 4.78 is 5.26. The maximum absolute atomic E-state index is 5.93. The monoisotopic (exact) mass is 262 g/mol. The summed E-state index contributed by atoms with van der Waals surface area (Å²) in [7, 11) is 0. The molecule has 1 atom stereocenters. The van der Waals surface area contributed by atoms with Crippen LogP contribution in [0.4, 0.5) is 0 Å². The van der Waals surface area contributed by atoms with Crippen LogP contribution in [0.25, 0.3) is 0 Å². The molecule has 0 amide bonds. The van der Waals surface area contributed by atoms with E-state index in [1.807, 2.05) is 31.2 Å². The first-order valence-corrected chi connectivity index (χ1v) is 5.92. The fourth-order valence-corrected chi connectivity index (χ4v) is 2.11. The van der Waals surface area contributed by atoms with Gasteiger partial charge in [0.1, 0.15) is 0 Å². The Kier molecular flexibility index (Phi) is 2.72. The van der Waals surface area contributed by atoms with E-state index in [4.69, 9.17) is 20.9 Å². The first kappa shape index (κ1) is 11.2. The third-order valence-corrected chi connectivity index (χ3v) is 3.02. The van der Waals surface area contributed by atoms with E-state index in [-0.39, 0.29) is 6.23 Å². The number of rotatable bonds is 2. The molecule has 0 fully saturated rings. The molecule has 0 saturated heterocycles. The minimum Gasteiger partial charge on any atom is -0.461 e. The highest BCUT2D eigenvalue weighted by Gasteiger charge is 2.25. The molecule has 0 saturated carbocycles. The zero-order chi connectivity index (χ0) is 12.5. The van der Waals surface area contributed by atoms with Crippen molar-refractivity contribution in [3.63, 3.8) is 0 Å². The van der Waals surface area contributed by atoms with Gasteiger partial charge in [-0.05, 0) is 36.8 Å². The van der Waals surface area contributed by atoms with Crippen LogP contribution in [0.3, 0.4) is 0 Å². The maximum atomic E-state index is 5.93. The largest absolute Gasteiger partial charge is 0.461 e. The van der Waals surface area contributed by atoms with Crippen molar-refractivity contribution >= 4 is 17.4 Å². The van der Waals surface area contributed by atoms with E-state index in [0.29, 0.717) is 16.6 Å². The first-order chi connectivity index (χ1) is 8.74. The molecule has 0 spiro atoms. The van der Waals surface area contributed by atoms with Gasteiger partial charge in [0.05, 0.1) is 6.26 Å². The van der Waals surface area contributed by atoms with E-state index in [2.05, 4.69) is 10.5 Å². The molecule has 1 aliphatic heterocycles. The number of amidine groups is 1. The van der Waals surface area contributed by atoms with Crippen LogP contribution in [0, 0.1) is 6.92 Å². The minimum atomic E-state index is -0.303. The van der Waals surface area contributed by atoms with E-state index < -0.39 is 0 Å². The molecular formula is C13H11ClN2O2. The lowest BCUT2D eigenvalue weighted by Gasteiger charge is -2.12. The van der Waals surface area contributed by atoms with Gasteiger partial charge in [0.15, 0.2) is 5.76 Å². The number of furan rings is 1. The van der Waals surface area contributed by atoms with Crippen molar-refractivity contribution in [3.8, 4) is 0 Å². The second kappa shape index (κ2) is 4.38. The van der Waals surface area contributed by atoms with Gasteiger partial charge in [-0.3, -0.25) is 0 Å². The Balaban J connectivity index is 1.82. The Bertz CT molecular complexity index is 593. The van der Waals surface area contributed by atoms with Gasteiger partial charge >= 0.3 is 0 Å². The molecule has 1 unspecified atom stereocenters. The van der Waals surface area contributed by atoms with Crippen LogP contribution in [0.1, 0.15) is 23.1 Å². The van der Waals surface area contributed by atoms with Gasteiger partial charge in [0.25, 0.3) is 0 Å². The highest BCUT2D eigenvalue weighted by Crippen LogP contribution is 2.25.